The third kappa shape index (κ3) is 2.19. The predicted octanol–water partition coefficient (Wildman–Crippen LogP) is 2.09. The number of halogens is 1. The van der Waals surface area contributed by atoms with Gasteiger partial charge in [-0.1, -0.05) is 18.2 Å². The van der Waals surface area contributed by atoms with Crippen molar-refractivity contribution in [2.24, 2.45) is 10.7 Å². The second-order valence-electron chi connectivity index (χ2n) is 5.26. The molecule has 0 amide bonds. The van der Waals surface area contributed by atoms with Gasteiger partial charge in [-0.05, 0) is 30.9 Å². The van der Waals surface area contributed by atoms with Crippen LogP contribution in [0.5, 0.6) is 0 Å². The molecule has 0 aliphatic heterocycles. The van der Waals surface area contributed by atoms with Gasteiger partial charge < -0.3 is 10.6 Å². The Morgan fingerprint density at radius 3 is 2.78 bits per heavy atom. The second-order valence-corrected chi connectivity index (χ2v) is 5.26. The van der Waals surface area contributed by atoms with E-state index in [1.54, 1.807) is 6.07 Å². The lowest BCUT2D eigenvalue weighted by Gasteiger charge is -2.16. The summed E-state index contributed by atoms with van der Waals surface area (Å²) in [6, 6.07) is 7.67. The molecule has 96 valence electrons. The average molecular weight is 247 g/mol. The first-order chi connectivity index (χ1) is 8.66. The van der Waals surface area contributed by atoms with E-state index in [1.165, 1.54) is 18.9 Å². The van der Waals surface area contributed by atoms with Gasteiger partial charge in [0.2, 0.25) is 0 Å². The van der Waals surface area contributed by atoms with Crippen LogP contribution in [0.3, 0.4) is 0 Å². The largest absolute Gasteiger partial charge is 0.370 e. The Bertz CT molecular complexity index is 482. The van der Waals surface area contributed by atoms with Crippen LogP contribution < -0.4 is 5.73 Å². The molecular weight excluding hydrogens is 229 g/mol. The molecule has 0 spiro atoms. The fraction of sp³-hybridized carbons (Fsp3) is 0.500. The van der Waals surface area contributed by atoms with Crippen LogP contribution in [-0.4, -0.2) is 30.0 Å². The van der Waals surface area contributed by atoms with Gasteiger partial charge in [-0.25, -0.2) is 9.38 Å². The quantitative estimate of drug-likeness (QED) is 0.656. The van der Waals surface area contributed by atoms with E-state index in [9.17, 15) is 4.39 Å². The van der Waals surface area contributed by atoms with Gasteiger partial charge in [0, 0.05) is 19.0 Å². The fourth-order valence-electron chi connectivity index (χ4n) is 2.34. The van der Waals surface area contributed by atoms with Gasteiger partial charge in [0.1, 0.15) is 5.82 Å². The molecule has 2 N–H and O–H groups in total. The lowest BCUT2D eigenvalue weighted by molar-refractivity contribution is 0.487. The molecule has 2 atom stereocenters. The Morgan fingerprint density at radius 1 is 1.39 bits per heavy atom. The highest BCUT2D eigenvalue weighted by Crippen LogP contribution is 2.44. The third-order valence-electron chi connectivity index (χ3n) is 3.82. The van der Waals surface area contributed by atoms with E-state index in [0.29, 0.717) is 12.0 Å². The summed E-state index contributed by atoms with van der Waals surface area (Å²) in [5.41, 5.74) is 6.73. The van der Waals surface area contributed by atoms with E-state index in [-0.39, 0.29) is 17.8 Å². The fourth-order valence-corrected chi connectivity index (χ4v) is 2.34. The molecule has 3 nitrogen and oxygen atoms in total. The zero-order valence-corrected chi connectivity index (χ0v) is 10.5. The minimum absolute atomic E-state index is 0.130. The van der Waals surface area contributed by atoms with E-state index < -0.39 is 0 Å². The molecule has 18 heavy (non-hydrogen) atoms. The highest BCUT2D eigenvalue weighted by molar-refractivity contribution is 5.79. The van der Waals surface area contributed by atoms with Crippen molar-refractivity contribution >= 4 is 5.96 Å². The summed E-state index contributed by atoms with van der Waals surface area (Å²) < 4.78 is 13.6. The summed E-state index contributed by atoms with van der Waals surface area (Å²) in [5, 5.41) is 0. The van der Waals surface area contributed by atoms with Crippen molar-refractivity contribution in [2.75, 3.05) is 7.05 Å². The topological polar surface area (TPSA) is 41.6 Å². The van der Waals surface area contributed by atoms with Crippen LogP contribution in [0.25, 0.3) is 0 Å². The molecule has 0 unspecified atom stereocenters. The van der Waals surface area contributed by atoms with Crippen molar-refractivity contribution < 1.29 is 4.39 Å². The normalized spacial score (nSPS) is 27.1. The van der Waals surface area contributed by atoms with Gasteiger partial charge in [-0.15, -0.1) is 0 Å². The molecule has 2 aliphatic rings. The highest BCUT2D eigenvalue weighted by atomic mass is 19.1. The van der Waals surface area contributed by atoms with Gasteiger partial charge >= 0.3 is 0 Å². The molecule has 0 aromatic heterocycles. The number of benzene rings is 1. The van der Waals surface area contributed by atoms with E-state index in [2.05, 4.69) is 4.99 Å². The molecule has 4 heteroatoms. The smallest absolute Gasteiger partial charge is 0.191 e. The average Bonchev–Trinajstić information content (AvgIpc) is 3.23. The number of hydrogen-bond acceptors (Lipinski definition) is 1. The van der Waals surface area contributed by atoms with Crippen LogP contribution in [0.2, 0.25) is 0 Å². The maximum absolute atomic E-state index is 13.6. The zero-order chi connectivity index (χ0) is 12.7. The van der Waals surface area contributed by atoms with Crippen molar-refractivity contribution in [3.8, 4) is 0 Å². The summed E-state index contributed by atoms with van der Waals surface area (Å²) in [5.74, 6) is 0.674. The number of rotatable bonds is 3. The van der Waals surface area contributed by atoms with E-state index in [0.717, 1.165) is 12.0 Å². The van der Waals surface area contributed by atoms with Gasteiger partial charge in [0.05, 0.1) is 6.04 Å². The number of aliphatic imine (C=N–C) groups is 1. The van der Waals surface area contributed by atoms with Crippen molar-refractivity contribution in [3.05, 3.63) is 35.6 Å². The SMILES string of the molecule is CN(C(N)=N[C@@H]1C[C@H]1c1ccccc1F)C1CC1. The number of guanidine groups is 1. The minimum atomic E-state index is -0.130. The molecule has 1 aromatic carbocycles. The lowest BCUT2D eigenvalue weighted by Crippen LogP contribution is -2.36. The van der Waals surface area contributed by atoms with E-state index >= 15 is 0 Å². The molecular formula is C14H18FN3. The number of nitrogens with zero attached hydrogens (tertiary/aromatic N) is 2. The Hall–Kier alpha value is -1.58. The van der Waals surface area contributed by atoms with Gasteiger partial charge in [0.25, 0.3) is 0 Å². The third-order valence-corrected chi connectivity index (χ3v) is 3.82. The molecule has 3 rings (SSSR count). The maximum atomic E-state index is 13.6. The first-order valence-corrected chi connectivity index (χ1v) is 6.47. The van der Waals surface area contributed by atoms with Crippen molar-refractivity contribution in [2.45, 2.75) is 37.3 Å². The zero-order valence-electron chi connectivity index (χ0n) is 10.5. The first-order valence-electron chi connectivity index (χ1n) is 6.47. The Kier molecular flexibility index (Phi) is 2.73. The minimum Gasteiger partial charge on any atom is -0.370 e. The Balaban J connectivity index is 1.67. The molecule has 2 saturated carbocycles. The second kappa shape index (κ2) is 4.26. The predicted molar refractivity (Wildman–Crippen MR) is 70.0 cm³/mol. The van der Waals surface area contributed by atoms with Crippen LogP contribution >= 0.6 is 0 Å². The molecule has 0 heterocycles. The maximum Gasteiger partial charge on any atom is 0.191 e. The van der Waals surface area contributed by atoms with Crippen LogP contribution in [0.15, 0.2) is 29.3 Å². The summed E-state index contributed by atoms with van der Waals surface area (Å²) in [7, 11) is 1.98. The highest BCUT2D eigenvalue weighted by Gasteiger charge is 2.40. The molecule has 0 saturated heterocycles. The van der Waals surface area contributed by atoms with Gasteiger partial charge in [-0.2, -0.15) is 0 Å². The summed E-state index contributed by atoms with van der Waals surface area (Å²) in [4.78, 5) is 6.54. The summed E-state index contributed by atoms with van der Waals surface area (Å²) >= 11 is 0. The number of hydrogen-bond donors (Lipinski definition) is 1. The van der Waals surface area contributed by atoms with Crippen molar-refractivity contribution in [1.82, 2.24) is 4.90 Å². The Morgan fingerprint density at radius 2 is 2.11 bits per heavy atom. The van der Waals surface area contributed by atoms with Crippen molar-refractivity contribution in [1.29, 1.82) is 0 Å². The molecule has 0 bridgehead atoms. The van der Waals surface area contributed by atoms with Crippen LogP contribution in [0.4, 0.5) is 4.39 Å². The van der Waals surface area contributed by atoms with Gasteiger partial charge in [-0.3, -0.25) is 0 Å². The Labute approximate surface area is 106 Å². The first kappa shape index (κ1) is 11.5. The summed E-state index contributed by atoms with van der Waals surface area (Å²) in [6.45, 7) is 0. The van der Waals surface area contributed by atoms with Crippen molar-refractivity contribution in [3.63, 3.8) is 0 Å². The monoisotopic (exact) mass is 247 g/mol. The molecule has 2 fully saturated rings. The molecule has 1 aromatic rings. The van der Waals surface area contributed by atoms with E-state index in [4.69, 9.17) is 5.73 Å². The summed E-state index contributed by atoms with van der Waals surface area (Å²) in [6.07, 6.45) is 3.31. The van der Waals surface area contributed by atoms with Crippen LogP contribution in [0.1, 0.15) is 30.7 Å². The van der Waals surface area contributed by atoms with E-state index in [1.807, 2.05) is 24.1 Å². The molecule has 2 aliphatic carbocycles. The van der Waals surface area contributed by atoms with Crippen LogP contribution in [-0.2, 0) is 0 Å². The number of nitrogens with two attached hydrogens (primary N) is 1. The standard InChI is InChI=1S/C14H18FN3/c1-18(9-6-7-9)14(16)17-13-8-11(13)10-4-2-3-5-12(10)15/h2-5,9,11,13H,6-8H2,1H3,(H2,16,17)/t11-,13+/m0/s1. The van der Waals surface area contributed by atoms with Gasteiger partial charge in [0.15, 0.2) is 5.96 Å². The molecule has 0 radical (unpaired) electrons. The lowest BCUT2D eigenvalue weighted by atomic mass is 10.1. The van der Waals surface area contributed by atoms with Crippen LogP contribution in [0, 0.1) is 5.82 Å².